The van der Waals surface area contributed by atoms with Crippen LogP contribution in [0.1, 0.15) is 42.3 Å². The van der Waals surface area contributed by atoms with Gasteiger partial charge in [0, 0.05) is 16.3 Å². The second kappa shape index (κ2) is 8.79. The van der Waals surface area contributed by atoms with E-state index in [2.05, 4.69) is 0 Å². The molecule has 1 saturated heterocycles. The number of furan rings is 1. The number of hydrogen-bond acceptors (Lipinski definition) is 5. The van der Waals surface area contributed by atoms with E-state index in [0.29, 0.717) is 33.3 Å². The summed E-state index contributed by atoms with van der Waals surface area (Å²) < 4.78 is 11.4. The zero-order valence-corrected chi connectivity index (χ0v) is 19.5. The lowest BCUT2D eigenvalue weighted by molar-refractivity contribution is -0.132. The van der Waals surface area contributed by atoms with Crippen LogP contribution in [0.15, 0.2) is 64.8 Å². The molecule has 0 bridgehead atoms. The highest BCUT2D eigenvalue weighted by Crippen LogP contribution is 2.44. The third-order valence-electron chi connectivity index (χ3n) is 5.57. The molecule has 170 valence electrons. The number of hydrogen-bond donors (Lipinski definition) is 1. The van der Waals surface area contributed by atoms with E-state index in [-0.39, 0.29) is 17.4 Å². The lowest BCUT2D eigenvalue weighted by Crippen LogP contribution is -2.30. The molecule has 0 saturated carbocycles. The Kier molecular flexibility index (Phi) is 6.04. The number of aliphatic hydroxyl groups excluding tert-OH is 1. The van der Waals surface area contributed by atoms with Gasteiger partial charge in [0.2, 0.25) is 0 Å². The van der Waals surface area contributed by atoms with E-state index in [0.717, 1.165) is 5.56 Å². The molecule has 4 rings (SSSR count). The van der Waals surface area contributed by atoms with Crippen LogP contribution in [0.2, 0.25) is 5.02 Å². The van der Waals surface area contributed by atoms with E-state index in [1.165, 1.54) is 11.2 Å². The molecule has 1 aliphatic rings. The first-order valence-corrected chi connectivity index (χ1v) is 11.0. The topological polar surface area (TPSA) is 80.0 Å². The number of carbonyl (C=O) groups is 2. The first-order chi connectivity index (χ1) is 15.7. The zero-order chi connectivity index (χ0) is 23.9. The van der Waals surface area contributed by atoms with Crippen LogP contribution in [0, 0.1) is 13.8 Å². The summed E-state index contributed by atoms with van der Waals surface area (Å²) in [5, 5.41) is 11.7. The average molecular weight is 466 g/mol. The van der Waals surface area contributed by atoms with Gasteiger partial charge in [-0.15, -0.1) is 0 Å². The second-order valence-electron chi connectivity index (χ2n) is 8.22. The van der Waals surface area contributed by atoms with Crippen molar-refractivity contribution in [3.63, 3.8) is 0 Å². The molecule has 3 aromatic rings. The first-order valence-electron chi connectivity index (χ1n) is 10.6. The molecule has 1 atom stereocenters. The van der Waals surface area contributed by atoms with Crippen molar-refractivity contribution >= 4 is 34.7 Å². The van der Waals surface area contributed by atoms with Crippen molar-refractivity contribution in [1.29, 1.82) is 0 Å². The van der Waals surface area contributed by atoms with Crippen molar-refractivity contribution in [2.75, 3.05) is 4.90 Å². The zero-order valence-electron chi connectivity index (χ0n) is 18.8. The fourth-order valence-electron chi connectivity index (χ4n) is 3.99. The molecular formula is C26H24ClNO5. The normalized spacial score (nSPS) is 17.8. The molecule has 0 spiro atoms. The minimum absolute atomic E-state index is 0.00615. The number of aryl methyl sites for hydroxylation is 1. The number of ketones is 1. The summed E-state index contributed by atoms with van der Waals surface area (Å²) >= 11 is 6.29. The number of anilines is 1. The van der Waals surface area contributed by atoms with Crippen LogP contribution in [0.4, 0.5) is 5.69 Å². The van der Waals surface area contributed by atoms with Crippen LogP contribution in [0.25, 0.3) is 5.76 Å². The molecule has 6 nitrogen and oxygen atoms in total. The fraction of sp³-hybridized carbons (Fsp3) is 0.231. The number of ether oxygens (including phenoxy) is 1. The van der Waals surface area contributed by atoms with Gasteiger partial charge < -0.3 is 14.3 Å². The van der Waals surface area contributed by atoms with E-state index in [1.807, 2.05) is 20.8 Å². The molecule has 1 aromatic heterocycles. The Morgan fingerprint density at radius 2 is 1.88 bits per heavy atom. The standard InChI is InChI=1S/C26H24ClNO5/c1-14(2)33-20-11-10-17(13-15(20)3)24(29)22-23(21-9-6-12-32-21)28(26(31)25(22)30)19-8-5-7-18(27)16(19)4/h5-14,23,29H,1-4H3/b24-22-. The third-order valence-corrected chi connectivity index (χ3v) is 5.98. The van der Waals surface area contributed by atoms with E-state index < -0.39 is 17.7 Å². The number of carbonyl (C=O) groups excluding carboxylic acids is 2. The van der Waals surface area contributed by atoms with Crippen LogP contribution in [0.3, 0.4) is 0 Å². The van der Waals surface area contributed by atoms with Gasteiger partial charge in [-0.05, 0) is 81.3 Å². The number of halogens is 1. The molecular weight excluding hydrogens is 442 g/mol. The van der Waals surface area contributed by atoms with Crippen LogP contribution in [-0.2, 0) is 9.59 Å². The average Bonchev–Trinajstić information content (AvgIpc) is 3.38. The Labute approximate surface area is 197 Å². The number of amides is 1. The molecule has 1 fully saturated rings. The first kappa shape index (κ1) is 22.7. The number of benzene rings is 2. The summed E-state index contributed by atoms with van der Waals surface area (Å²) in [6.07, 6.45) is 1.45. The number of Topliss-reactive ketones (excluding diaryl/α,β-unsaturated/α-hetero) is 1. The maximum atomic E-state index is 13.2. The molecule has 2 aromatic carbocycles. The minimum atomic E-state index is -0.941. The lowest BCUT2D eigenvalue weighted by atomic mass is 9.98. The van der Waals surface area contributed by atoms with Crippen molar-refractivity contribution < 1.29 is 23.8 Å². The maximum Gasteiger partial charge on any atom is 0.300 e. The lowest BCUT2D eigenvalue weighted by Gasteiger charge is -2.25. The van der Waals surface area contributed by atoms with Gasteiger partial charge in [-0.1, -0.05) is 17.7 Å². The minimum Gasteiger partial charge on any atom is -0.507 e. The smallest absolute Gasteiger partial charge is 0.300 e. The van der Waals surface area contributed by atoms with Gasteiger partial charge >= 0.3 is 0 Å². The molecule has 0 radical (unpaired) electrons. The van der Waals surface area contributed by atoms with Crippen LogP contribution in [-0.4, -0.2) is 22.9 Å². The van der Waals surface area contributed by atoms with Crippen molar-refractivity contribution in [2.45, 2.75) is 39.8 Å². The summed E-state index contributed by atoms with van der Waals surface area (Å²) in [6, 6.07) is 12.7. The van der Waals surface area contributed by atoms with E-state index >= 15 is 0 Å². The molecule has 1 unspecified atom stereocenters. The maximum absolute atomic E-state index is 13.2. The van der Waals surface area contributed by atoms with Crippen molar-refractivity contribution in [3.05, 3.63) is 87.8 Å². The Hall–Kier alpha value is -3.51. The molecule has 7 heteroatoms. The predicted molar refractivity (Wildman–Crippen MR) is 127 cm³/mol. The molecule has 1 N–H and O–H groups in total. The van der Waals surface area contributed by atoms with Gasteiger partial charge in [0.05, 0.1) is 17.9 Å². The molecule has 0 aliphatic carbocycles. The Morgan fingerprint density at radius 3 is 2.52 bits per heavy atom. The molecule has 33 heavy (non-hydrogen) atoms. The van der Waals surface area contributed by atoms with Gasteiger partial charge in [-0.25, -0.2) is 0 Å². The highest BCUT2D eigenvalue weighted by molar-refractivity contribution is 6.52. The number of nitrogens with zero attached hydrogens (tertiary/aromatic N) is 1. The monoisotopic (exact) mass is 465 g/mol. The van der Waals surface area contributed by atoms with Crippen LogP contribution < -0.4 is 9.64 Å². The van der Waals surface area contributed by atoms with Crippen molar-refractivity contribution in [1.82, 2.24) is 0 Å². The van der Waals surface area contributed by atoms with E-state index in [9.17, 15) is 14.7 Å². The predicted octanol–water partition coefficient (Wildman–Crippen LogP) is 5.96. The summed E-state index contributed by atoms with van der Waals surface area (Å²) in [6.45, 7) is 7.48. The van der Waals surface area contributed by atoms with Gasteiger partial charge in [0.25, 0.3) is 11.7 Å². The highest BCUT2D eigenvalue weighted by atomic mass is 35.5. The second-order valence-corrected chi connectivity index (χ2v) is 8.62. The Bertz CT molecular complexity index is 1260. The third kappa shape index (κ3) is 4.02. The van der Waals surface area contributed by atoms with Gasteiger partial charge in [0.1, 0.15) is 23.3 Å². The van der Waals surface area contributed by atoms with Gasteiger partial charge in [-0.3, -0.25) is 14.5 Å². The van der Waals surface area contributed by atoms with E-state index in [4.69, 9.17) is 20.8 Å². The molecule has 1 aliphatic heterocycles. The van der Waals surface area contributed by atoms with Crippen molar-refractivity contribution in [2.24, 2.45) is 0 Å². The molecule has 2 heterocycles. The summed E-state index contributed by atoms with van der Waals surface area (Å²) in [4.78, 5) is 27.7. The highest BCUT2D eigenvalue weighted by Gasteiger charge is 2.48. The summed E-state index contributed by atoms with van der Waals surface area (Å²) in [7, 11) is 0. The summed E-state index contributed by atoms with van der Waals surface area (Å²) in [5.41, 5.74) is 2.26. The van der Waals surface area contributed by atoms with Crippen LogP contribution in [0.5, 0.6) is 5.75 Å². The Balaban J connectivity index is 1.89. The number of aliphatic hydroxyl groups is 1. The van der Waals surface area contributed by atoms with Crippen LogP contribution >= 0.6 is 11.6 Å². The van der Waals surface area contributed by atoms with E-state index in [1.54, 1.807) is 55.5 Å². The van der Waals surface area contributed by atoms with Gasteiger partial charge in [-0.2, -0.15) is 0 Å². The Morgan fingerprint density at radius 1 is 1.12 bits per heavy atom. The molecule has 1 amide bonds. The summed E-state index contributed by atoms with van der Waals surface area (Å²) in [5.74, 6) is -0.810. The SMILES string of the molecule is Cc1cc(/C(O)=C2/C(=O)C(=O)N(c3cccc(Cl)c3C)C2c2ccco2)ccc1OC(C)C. The largest absolute Gasteiger partial charge is 0.507 e. The fourth-order valence-corrected chi connectivity index (χ4v) is 4.16. The van der Waals surface area contributed by atoms with Gasteiger partial charge in [0.15, 0.2) is 0 Å². The number of rotatable bonds is 5. The quantitative estimate of drug-likeness (QED) is 0.285. The van der Waals surface area contributed by atoms with Crippen molar-refractivity contribution in [3.8, 4) is 5.75 Å².